The highest BCUT2D eigenvalue weighted by Gasteiger charge is 2.43. The van der Waals surface area contributed by atoms with Crippen molar-refractivity contribution < 1.29 is 13.2 Å². The third-order valence-electron chi connectivity index (χ3n) is 5.65. The molecule has 1 saturated carbocycles. The van der Waals surface area contributed by atoms with Crippen molar-refractivity contribution in [2.45, 2.75) is 56.6 Å². The molecule has 2 aliphatic heterocycles. The van der Waals surface area contributed by atoms with Crippen LogP contribution in [0.25, 0.3) is 0 Å². The van der Waals surface area contributed by atoms with Crippen LogP contribution in [0.15, 0.2) is 28.1 Å². The van der Waals surface area contributed by atoms with E-state index in [-0.39, 0.29) is 28.9 Å². The van der Waals surface area contributed by atoms with Gasteiger partial charge in [-0.2, -0.15) is 0 Å². The van der Waals surface area contributed by atoms with Crippen LogP contribution in [0.1, 0.15) is 47.1 Å². The van der Waals surface area contributed by atoms with Crippen molar-refractivity contribution in [2.24, 2.45) is 4.99 Å². The van der Waals surface area contributed by atoms with Crippen LogP contribution in [0.5, 0.6) is 0 Å². The topological polar surface area (TPSA) is 108 Å². The summed E-state index contributed by atoms with van der Waals surface area (Å²) in [6, 6.07) is 4.82. The van der Waals surface area contributed by atoms with E-state index in [4.69, 9.17) is 0 Å². The Kier molecular flexibility index (Phi) is 4.28. The number of carbonyl (C=O) groups excluding carboxylic acids is 1. The molecule has 1 N–H and O–H groups in total. The van der Waals surface area contributed by atoms with Gasteiger partial charge in [0, 0.05) is 5.54 Å². The number of hydrogen-bond acceptors (Lipinski definition) is 8. The highest BCUT2D eigenvalue weighted by molar-refractivity contribution is 7.89. The molecule has 0 bridgehead atoms. The molecule has 2 aromatic rings. The van der Waals surface area contributed by atoms with Crippen LogP contribution in [0.3, 0.4) is 0 Å². The Hall–Kier alpha value is -2.37. The van der Waals surface area contributed by atoms with E-state index in [0.29, 0.717) is 28.8 Å². The second kappa shape index (κ2) is 6.56. The summed E-state index contributed by atoms with van der Waals surface area (Å²) in [6.07, 6.45) is 1.63. The molecule has 0 radical (unpaired) electrons. The van der Waals surface area contributed by atoms with Gasteiger partial charge in [-0.3, -0.25) is 14.7 Å². The predicted molar refractivity (Wildman–Crippen MR) is 113 cm³/mol. The number of nitrogens with one attached hydrogen (secondary N) is 1. The maximum atomic E-state index is 13.4. The number of carbonyl (C=O) groups is 1. The first-order valence-electron chi connectivity index (χ1n) is 9.79. The first kappa shape index (κ1) is 19.6. The Morgan fingerprint density at radius 3 is 2.73 bits per heavy atom. The molecule has 5 rings (SSSR count). The largest absolute Gasteiger partial charge is 0.307 e. The summed E-state index contributed by atoms with van der Waals surface area (Å²) in [5, 5.41) is 9.69. The molecule has 9 nitrogen and oxygen atoms in total. The molecule has 3 aliphatic rings. The van der Waals surface area contributed by atoms with Gasteiger partial charge in [-0.1, -0.05) is 11.3 Å². The Bertz CT molecular complexity index is 1180. The minimum absolute atomic E-state index is 0.0662. The van der Waals surface area contributed by atoms with E-state index < -0.39 is 10.0 Å². The number of anilines is 1. The fourth-order valence-electron chi connectivity index (χ4n) is 3.78. The summed E-state index contributed by atoms with van der Waals surface area (Å²) in [4.78, 5) is 21.7. The third kappa shape index (κ3) is 3.21. The van der Waals surface area contributed by atoms with Crippen molar-refractivity contribution in [2.75, 3.05) is 11.4 Å². The van der Waals surface area contributed by atoms with E-state index in [0.717, 1.165) is 17.8 Å². The average Bonchev–Trinajstić information content (AvgIpc) is 3.07. The molecule has 1 unspecified atom stereocenters. The van der Waals surface area contributed by atoms with Crippen molar-refractivity contribution in [3.05, 3.63) is 33.8 Å². The van der Waals surface area contributed by atoms with Crippen LogP contribution < -0.4 is 9.62 Å². The van der Waals surface area contributed by atoms with E-state index in [9.17, 15) is 13.2 Å². The number of hydrogen-bond donors (Lipinski definition) is 1. The molecule has 0 saturated heterocycles. The number of nitrogens with zero attached hydrogens (tertiary/aromatic N) is 5. The lowest BCUT2D eigenvalue weighted by Crippen LogP contribution is -2.52. The fourth-order valence-corrected chi connectivity index (χ4v) is 5.97. The smallest absolute Gasteiger partial charge is 0.263 e. The predicted octanol–water partition coefficient (Wildman–Crippen LogP) is 1.90. The molecular formula is C19H22N6O3S2. The summed E-state index contributed by atoms with van der Waals surface area (Å²) >= 11 is 1.42. The highest BCUT2D eigenvalue weighted by Crippen LogP contribution is 2.38. The molecule has 0 spiro atoms. The zero-order chi connectivity index (χ0) is 21.3. The number of aryl methyl sites for hydroxylation is 1. The molecule has 1 atom stereocenters. The van der Waals surface area contributed by atoms with E-state index >= 15 is 0 Å². The molecule has 1 aromatic carbocycles. The summed E-state index contributed by atoms with van der Waals surface area (Å²) in [5.74, 6) is 0.295. The van der Waals surface area contributed by atoms with Crippen LogP contribution in [0, 0.1) is 6.92 Å². The molecule has 30 heavy (non-hydrogen) atoms. The summed E-state index contributed by atoms with van der Waals surface area (Å²) < 4.78 is 28.5. The van der Waals surface area contributed by atoms with Gasteiger partial charge in [-0.25, -0.2) is 13.1 Å². The van der Waals surface area contributed by atoms with Gasteiger partial charge in [0.25, 0.3) is 5.91 Å². The van der Waals surface area contributed by atoms with Crippen molar-refractivity contribution >= 4 is 38.9 Å². The number of aromatic nitrogens is 2. The molecule has 158 valence electrons. The van der Waals surface area contributed by atoms with E-state index in [2.05, 4.69) is 19.9 Å². The van der Waals surface area contributed by atoms with Crippen molar-refractivity contribution in [1.29, 1.82) is 0 Å². The van der Waals surface area contributed by atoms with Gasteiger partial charge >= 0.3 is 0 Å². The molecule has 11 heteroatoms. The number of sulfonamides is 1. The number of amides is 1. The Labute approximate surface area is 178 Å². The first-order chi connectivity index (χ1) is 14.2. The lowest BCUT2D eigenvalue weighted by molar-refractivity contribution is 0.0832. The molecule has 1 aromatic heterocycles. The van der Waals surface area contributed by atoms with Gasteiger partial charge in [-0.15, -0.1) is 10.2 Å². The second-order valence-corrected chi connectivity index (χ2v) is 11.3. The molecule has 1 aliphatic carbocycles. The van der Waals surface area contributed by atoms with Gasteiger partial charge in [0.1, 0.15) is 10.0 Å². The molecular weight excluding hydrogens is 424 g/mol. The summed E-state index contributed by atoms with van der Waals surface area (Å²) in [7, 11) is -3.71. The average molecular weight is 447 g/mol. The second-order valence-electron chi connectivity index (χ2n) is 8.31. The number of rotatable bonds is 5. The number of guanidine groups is 1. The normalized spacial score (nSPS) is 22.0. The molecule has 1 fully saturated rings. The minimum Gasteiger partial charge on any atom is -0.307 e. The number of benzene rings is 1. The van der Waals surface area contributed by atoms with Crippen molar-refractivity contribution in [3.63, 3.8) is 0 Å². The quantitative estimate of drug-likeness (QED) is 0.752. The number of aliphatic imine (C=N–C) groups is 1. The zero-order valence-corrected chi connectivity index (χ0v) is 18.5. The summed E-state index contributed by atoms with van der Waals surface area (Å²) in [6.45, 7) is 6.59. The van der Waals surface area contributed by atoms with Gasteiger partial charge in [0.15, 0.2) is 0 Å². The van der Waals surface area contributed by atoms with Crippen molar-refractivity contribution in [1.82, 2.24) is 19.8 Å². The van der Waals surface area contributed by atoms with Gasteiger partial charge in [0.2, 0.25) is 16.0 Å². The highest BCUT2D eigenvalue weighted by atomic mass is 32.2. The lowest BCUT2D eigenvalue weighted by atomic mass is 10.1. The number of fused-ring (bicyclic) bond motifs is 3. The SMILES string of the molecule is Cc1nnc(CN2C(=O)c3cc(S(=O)(=O)NC4(C)CC4)ccc3N3C2=NCC3C)s1. The summed E-state index contributed by atoms with van der Waals surface area (Å²) in [5.41, 5.74) is 0.654. The fraction of sp³-hybridized carbons (Fsp3) is 0.474. The van der Waals surface area contributed by atoms with Crippen LogP contribution >= 0.6 is 11.3 Å². The Balaban J connectivity index is 1.55. The van der Waals surface area contributed by atoms with E-state index in [1.165, 1.54) is 17.4 Å². The zero-order valence-electron chi connectivity index (χ0n) is 16.9. The minimum atomic E-state index is -3.71. The standard InChI is InChI=1S/C19H22N6O3S2/c1-11-9-20-18-24(10-16-22-21-12(2)29-16)17(26)14-8-13(4-5-15(14)25(11)18)30(27,28)23-19(3)6-7-19/h4-5,8,11,23H,6-7,9-10H2,1-3H3. The Morgan fingerprint density at radius 1 is 1.30 bits per heavy atom. The first-order valence-corrected chi connectivity index (χ1v) is 12.1. The lowest BCUT2D eigenvalue weighted by Gasteiger charge is -2.37. The van der Waals surface area contributed by atoms with Gasteiger partial charge in [0.05, 0.1) is 35.3 Å². The van der Waals surface area contributed by atoms with Gasteiger partial charge in [-0.05, 0) is 51.8 Å². The third-order valence-corrected chi connectivity index (χ3v) is 8.11. The maximum absolute atomic E-state index is 13.4. The van der Waals surface area contributed by atoms with Gasteiger partial charge < -0.3 is 4.90 Å². The van der Waals surface area contributed by atoms with Crippen LogP contribution in [0.4, 0.5) is 5.69 Å². The van der Waals surface area contributed by atoms with Crippen LogP contribution in [-0.2, 0) is 16.6 Å². The van der Waals surface area contributed by atoms with Crippen LogP contribution in [0.2, 0.25) is 0 Å². The van der Waals surface area contributed by atoms with E-state index in [1.54, 1.807) is 17.0 Å². The molecule has 1 amide bonds. The monoisotopic (exact) mass is 446 g/mol. The molecule has 3 heterocycles. The van der Waals surface area contributed by atoms with E-state index in [1.807, 2.05) is 25.7 Å². The Morgan fingerprint density at radius 2 is 2.07 bits per heavy atom. The van der Waals surface area contributed by atoms with Crippen molar-refractivity contribution in [3.8, 4) is 0 Å². The van der Waals surface area contributed by atoms with Crippen LogP contribution in [-0.4, -0.2) is 53.5 Å². The maximum Gasteiger partial charge on any atom is 0.263 e.